The number of aliphatic hydroxyl groups excluding tert-OH is 1. The Morgan fingerprint density at radius 1 is 1.05 bits per heavy atom. The van der Waals surface area contributed by atoms with E-state index in [0.717, 1.165) is 24.2 Å². The zero-order valence-corrected chi connectivity index (χ0v) is 12.2. The van der Waals surface area contributed by atoms with E-state index in [4.69, 9.17) is 4.74 Å². The molecule has 1 atom stereocenters. The largest absolute Gasteiger partial charge is 0.489 e. The van der Waals surface area contributed by atoms with Crippen LogP contribution in [0.15, 0.2) is 48.5 Å². The Bertz CT molecular complexity index is 549. The third kappa shape index (κ3) is 3.61. The second-order valence-corrected chi connectivity index (χ2v) is 5.06. The van der Waals surface area contributed by atoms with E-state index in [2.05, 4.69) is 26.0 Å². The van der Waals surface area contributed by atoms with Crippen LogP contribution < -0.4 is 4.74 Å². The summed E-state index contributed by atoms with van der Waals surface area (Å²) in [4.78, 5) is 0. The Labute approximate surface area is 121 Å². The summed E-state index contributed by atoms with van der Waals surface area (Å²) >= 11 is 0. The number of hydrogen-bond donors (Lipinski definition) is 1. The molecule has 2 aromatic rings. The van der Waals surface area contributed by atoms with Gasteiger partial charge in [0.25, 0.3) is 0 Å². The number of rotatable bonds is 6. The lowest BCUT2D eigenvalue weighted by Crippen LogP contribution is -2.03. The lowest BCUT2D eigenvalue weighted by atomic mass is 10.0. The highest BCUT2D eigenvalue weighted by Crippen LogP contribution is 2.28. The first-order chi connectivity index (χ1) is 9.72. The smallest absolute Gasteiger partial charge is 0.125 e. The quantitative estimate of drug-likeness (QED) is 0.842. The molecule has 0 heterocycles. The SMILES string of the molecule is CCCC(O)c1ccccc1OCc1ccccc1C. The van der Waals surface area contributed by atoms with Gasteiger partial charge in [-0.05, 0) is 30.5 Å². The minimum absolute atomic E-state index is 0.451. The molecule has 1 unspecified atom stereocenters. The maximum Gasteiger partial charge on any atom is 0.125 e. The zero-order valence-electron chi connectivity index (χ0n) is 12.2. The van der Waals surface area contributed by atoms with Crippen molar-refractivity contribution in [3.63, 3.8) is 0 Å². The van der Waals surface area contributed by atoms with Gasteiger partial charge >= 0.3 is 0 Å². The molecule has 2 nitrogen and oxygen atoms in total. The number of aliphatic hydroxyl groups is 1. The predicted molar refractivity (Wildman–Crippen MR) is 81.8 cm³/mol. The molecule has 0 radical (unpaired) electrons. The molecule has 0 amide bonds. The van der Waals surface area contributed by atoms with Gasteiger partial charge in [0.1, 0.15) is 12.4 Å². The van der Waals surface area contributed by atoms with Gasteiger partial charge in [-0.2, -0.15) is 0 Å². The maximum absolute atomic E-state index is 10.2. The topological polar surface area (TPSA) is 29.5 Å². The van der Waals surface area contributed by atoms with E-state index in [0.29, 0.717) is 6.61 Å². The van der Waals surface area contributed by atoms with Crippen molar-refractivity contribution in [3.05, 3.63) is 65.2 Å². The monoisotopic (exact) mass is 270 g/mol. The highest BCUT2D eigenvalue weighted by molar-refractivity contribution is 5.35. The van der Waals surface area contributed by atoms with Crippen molar-refractivity contribution in [2.75, 3.05) is 0 Å². The van der Waals surface area contributed by atoms with Gasteiger partial charge in [-0.15, -0.1) is 0 Å². The minimum Gasteiger partial charge on any atom is -0.489 e. The van der Waals surface area contributed by atoms with Gasteiger partial charge in [0, 0.05) is 5.56 Å². The van der Waals surface area contributed by atoms with Gasteiger partial charge in [-0.1, -0.05) is 55.8 Å². The Balaban J connectivity index is 2.12. The summed E-state index contributed by atoms with van der Waals surface area (Å²) < 4.78 is 5.91. The van der Waals surface area contributed by atoms with Gasteiger partial charge in [0.15, 0.2) is 0 Å². The molecular formula is C18H22O2. The third-order valence-corrected chi connectivity index (χ3v) is 3.48. The van der Waals surface area contributed by atoms with Crippen LogP contribution in [-0.4, -0.2) is 5.11 Å². The van der Waals surface area contributed by atoms with E-state index < -0.39 is 6.10 Å². The number of ether oxygens (including phenoxy) is 1. The van der Waals surface area contributed by atoms with Crippen molar-refractivity contribution >= 4 is 0 Å². The molecule has 0 aliphatic heterocycles. The van der Waals surface area contributed by atoms with Gasteiger partial charge in [0.2, 0.25) is 0 Å². The predicted octanol–water partition coefficient (Wildman–Crippen LogP) is 4.41. The molecule has 0 aliphatic rings. The second-order valence-electron chi connectivity index (χ2n) is 5.06. The lowest BCUT2D eigenvalue weighted by Gasteiger charge is -2.16. The van der Waals surface area contributed by atoms with Crippen molar-refractivity contribution in [1.29, 1.82) is 0 Å². The molecule has 0 aliphatic carbocycles. The van der Waals surface area contributed by atoms with Crippen molar-refractivity contribution in [3.8, 4) is 5.75 Å². The standard InChI is InChI=1S/C18H22O2/c1-3-8-17(19)16-11-6-7-12-18(16)20-13-15-10-5-4-9-14(15)2/h4-7,9-12,17,19H,3,8,13H2,1-2H3. The molecule has 0 aromatic heterocycles. The molecule has 0 fully saturated rings. The van der Waals surface area contributed by atoms with Crippen molar-refractivity contribution < 1.29 is 9.84 Å². The molecule has 106 valence electrons. The fraction of sp³-hybridized carbons (Fsp3) is 0.333. The summed E-state index contributed by atoms with van der Waals surface area (Å²) in [5, 5.41) is 10.2. The molecule has 2 heteroatoms. The molecule has 0 saturated heterocycles. The molecule has 1 N–H and O–H groups in total. The summed E-state index contributed by atoms with van der Waals surface area (Å²) in [5.41, 5.74) is 3.27. The van der Waals surface area contributed by atoms with Crippen LogP contribution in [0.5, 0.6) is 5.75 Å². The fourth-order valence-corrected chi connectivity index (χ4v) is 2.24. The summed E-state index contributed by atoms with van der Waals surface area (Å²) in [6, 6.07) is 15.9. The summed E-state index contributed by atoms with van der Waals surface area (Å²) in [5.74, 6) is 0.775. The summed E-state index contributed by atoms with van der Waals surface area (Å²) in [6.45, 7) is 4.68. The Kier molecular flexibility index (Phi) is 5.19. The van der Waals surface area contributed by atoms with Crippen molar-refractivity contribution in [2.24, 2.45) is 0 Å². The Hall–Kier alpha value is -1.80. The van der Waals surface area contributed by atoms with E-state index in [1.165, 1.54) is 11.1 Å². The average molecular weight is 270 g/mol. The van der Waals surface area contributed by atoms with Crippen LogP contribution >= 0.6 is 0 Å². The molecule has 0 saturated carbocycles. The first-order valence-corrected chi connectivity index (χ1v) is 7.16. The van der Waals surface area contributed by atoms with E-state index in [-0.39, 0.29) is 0 Å². The zero-order chi connectivity index (χ0) is 14.4. The van der Waals surface area contributed by atoms with E-state index in [9.17, 15) is 5.11 Å². The van der Waals surface area contributed by atoms with Crippen LogP contribution in [0.3, 0.4) is 0 Å². The van der Waals surface area contributed by atoms with Gasteiger partial charge in [-0.25, -0.2) is 0 Å². The van der Waals surface area contributed by atoms with E-state index in [1.54, 1.807) is 0 Å². The fourth-order valence-electron chi connectivity index (χ4n) is 2.24. The maximum atomic E-state index is 10.2. The number of para-hydroxylation sites is 1. The number of aryl methyl sites for hydroxylation is 1. The van der Waals surface area contributed by atoms with Gasteiger partial charge in [0.05, 0.1) is 6.10 Å². The van der Waals surface area contributed by atoms with Gasteiger partial charge in [-0.3, -0.25) is 0 Å². The normalized spacial score (nSPS) is 12.2. The van der Waals surface area contributed by atoms with Crippen LogP contribution in [0.4, 0.5) is 0 Å². The average Bonchev–Trinajstić information content (AvgIpc) is 2.47. The number of hydrogen-bond acceptors (Lipinski definition) is 2. The third-order valence-electron chi connectivity index (χ3n) is 3.48. The van der Waals surface area contributed by atoms with Gasteiger partial charge < -0.3 is 9.84 Å². The highest BCUT2D eigenvalue weighted by Gasteiger charge is 2.12. The van der Waals surface area contributed by atoms with Crippen LogP contribution in [-0.2, 0) is 6.61 Å². The highest BCUT2D eigenvalue weighted by atomic mass is 16.5. The van der Waals surface area contributed by atoms with Crippen molar-refractivity contribution in [1.82, 2.24) is 0 Å². The molecule has 20 heavy (non-hydrogen) atoms. The molecule has 2 aromatic carbocycles. The van der Waals surface area contributed by atoms with E-state index >= 15 is 0 Å². The first-order valence-electron chi connectivity index (χ1n) is 7.16. The summed E-state index contributed by atoms with van der Waals surface area (Å²) in [7, 11) is 0. The van der Waals surface area contributed by atoms with Crippen LogP contribution in [0, 0.1) is 6.92 Å². The first kappa shape index (κ1) is 14.6. The minimum atomic E-state index is -0.451. The Morgan fingerprint density at radius 2 is 1.75 bits per heavy atom. The molecular weight excluding hydrogens is 248 g/mol. The van der Waals surface area contributed by atoms with Crippen LogP contribution in [0.25, 0.3) is 0 Å². The Morgan fingerprint density at radius 3 is 2.50 bits per heavy atom. The molecule has 0 spiro atoms. The number of benzene rings is 2. The van der Waals surface area contributed by atoms with Crippen molar-refractivity contribution in [2.45, 2.75) is 39.4 Å². The lowest BCUT2D eigenvalue weighted by molar-refractivity contribution is 0.159. The van der Waals surface area contributed by atoms with E-state index in [1.807, 2.05) is 36.4 Å². The molecule has 0 bridgehead atoms. The van der Waals surface area contributed by atoms with Crippen LogP contribution in [0.1, 0.15) is 42.6 Å². The van der Waals surface area contributed by atoms with Crippen LogP contribution in [0.2, 0.25) is 0 Å². The second kappa shape index (κ2) is 7.11. The molecule has 2 rings (SSSR count). The summed E-state index contributed by atoms with van der Waals surface area (Å²) in [6.07, 6.45) is 1.26.